The molecule has 7 rings (SSSR count). The molecular formula is C23H26N2O4. The highest BCUT2D eigenvalue weighted by Crippen LogP contribution is 2.60. The van der Waals surface area contributed by atoms with E-state index in [-0.39, 0.29) is 35.7 Å². The highest BCUT2D eigenvalue weighted by atomic mass is 16.5. The highest BCUT2D eigenvalue weighted by molar-refractivity contribution is 6.06. The lowest BCUT2D eigenvalue weighted by molar-refractivity contribution is -0.140. The van der Waals surface area contributed by atoms with Crippen molar-refractivity contribution in [3.63, 3.8) is 0 Å². The van der Waals surface area contributed by atoms with E-state index in [1.54, 1.807) is 7.11 Å². The van der Waals surface area contributed by atoms with Crippen LogP contribution in [0, 0.1) is 11.8 Å². The number of ketones is 1. The summed E-state index contributed by atoms with van der Waals surface area (Å²) in [6, 6.07) is 5.74. The number of benzene rings is 1. The summed E-state index contributed by atoms with van der Waals surface area (Å²) in [5.41, 5.74) is 2.54. The third kappa shape index (κ3) is 2.14. The van der Waals surface area contributed by atoms with Crippen molar-refractivity contribution in [3.8, 4) is 5.75 Å². The van der Waals surface area contributed by atoms with Crippen LogP contribution in [0.5, 0.6) is 5.75 Å². The predicted octanol–water partition coefficient (Wildman–Crippen LogP) is 1.92. The molecule has 6 nitrogen and oxygen atoms in total. The second kappa shape index (κ2) is 5.92. The molecule has 29 heavy (non-hydrogen) atoms. The lowest BCUT2D eigenvalue weighted by Crippen LogP contribution is -2.66. The first kappa shape index (κ1) is 17.7. The summed E-state index contributed by atoms with van der Waals surface area (Å²) in [5, 5.41) is 0. The average molecular weight is 394 g/mol. The summed E-state index contributed by atoms with van der Waals surface area (Å²) >= 11 is 0. The molecule has 0 unspecified atom stereocenters. The lowest BCUT2D eigenvalue weighted by atomic mass is 9.55. The van der Waals surface area contributed by atoms with Gasteiger partial charge in [0.1, 0.15) is 11.5 Å². The third-order valence-electron chi connectivity index (χ3n) is 8.01. The van der Waals surface area contributed by atoms with E-state index >= 15 is 0 Å². The second-order valence-corrected chi connectivity index (χ2v) is 9.22. The van der Waals surface area contributed by atoms with Crippen molar-refractivity contribution in [2.45, 2.75) is 36.8 Å². The largest absolute Gasteiger partial charge is 0.497 e. The maximum atomic E-state index is 13.9. The van der Waals surface area contributed by atoms with E-state index in [0.717, 1.165) is 36.5 Å². The van der Waals surface area contributed by atoms with Crippen LogP contribution in [0.25, 0.3) is 0 Å². The SMILES string of the molecule is COc1ccc2c(c1)N1C(=O)C[C@@H]3OCC=C4CN(C)CC[C@@]25C(=O)C[C@@H]4[C@@H]3[C@H]15. The van der Waals surface area contributed by atoms with Gasteiger partial charge in [0, 0.05) is 24.9 Å². The van der Waals surface area contributed by atoms with Crippen LogP contribution in [-0.4, -0.2) is 62.6 Å². The van der Waals surface area contributed by atoms with E-state index in [4.69, 9.17) is 9.47 Å². The van der Waals surface area contributed by atoms with Gasteiger partial charge in [-0.3, -0.25) is 9.59 Å². The molecule has 152 valence electrons. The molecule has 6 aliphatic rings. The number of anilines is 1. The minimum absolute atomic E-state index is 0.0668. The molecule has 0 aromatic heterocycles. The number of hydrogen-bond donors (Lipinski definition) is 0. The summed E-state index contributed by atoms with van der Waals surface area (Å²) in [5.74, 6) is 1.38. The fraction of sp³-hybridized carbons (Fsp3) is 0.565. The number of nitrogens with zero attached hydrogens (tertiary/aromatic N) is 2. The molecule has 1 aromatic rings. The number of fused-ring (bicyclic) bond motifs is 6. The van der Waals surface area contributed by atoms with Gasteiger partial charge in [-0.25, -0.2) is 0 Å². The Hall–Kier alpha value is -2.18. The first-order valence-electron chi connectivity index (χ1n) is 10.6. The minimum Gasteiger partial charge on any atom is -0.497 e. The normalized spacial score (nSPS) is 38.0. The van der Waals surface area contributed by atoms with Crippen LogP contribution in [0.15, 0.2) is 29.8 Å². The molecule has 1 aliphatic carbocycles. The molecule has 1 amide bonds. The van der Waals surface area contributed by atoms with Crippen LogP contribution in [0.4, 0.5) is 5.69 Å². The number of hydrogen-bond acceptors (Lipinski definition) is 5. The van der Waals surface area contributed by atoms with E-state index in [0.29, 0.717) is 19.4 Å². The van der Waals surface area contributed by atoms with Gasteiger partial charge < -0.3 is 19.3 Å². The van der Waals surface area contributed by atoms with E-state index in [1.807, 2.05) is 23.1 Å². The van der Waals surface area contributed by atoms with Crippen LogP contribution in [0.1, 0.15) is 24.8 Å². The van der Waals surface area contributed by atoms with Crippen molar-refractivity contribution in [2.75, 3.05) is 38.8 Å². The number of Topliss-reactive ketones (excluding diaryl/α,β-unsaturated/α-hetero) is 1. The third-order valence-corrected chi connectivity index (χ3v) is 8.01. The Labute approximate surface area is 170 Å². The lowest BCUT2D eigenvalue weighted by Gasteiger charge is -2.53. The van der Waals surface area contributed by atoms with Crippen LogP contribution in [-0.2, 0) is 19.7 Å². The molecule has 1 saturated carbocycles. The molecule has 4 bridgehead atoms. The first-order valence-corrected chi connectivity index (χ1v) is 10.6. The van der Waals surface area contributed by atoms with Crippen molar-refractivity contribution < 1.29 is 19.1 Å². The molecule has 5 heterocycles. The zero-order valence-corrected chi connectivity index (χ0v) is 16.9. The number of carbonyl (C=O) groups is 2. The Morgan fingerprint density at radius 1 is 1.24 bits per heavy atom. The number of carbonyl (C=O) groups excluding carboxylic acids is 2. The van der Waals surface area contributed by atoms with Crippen LogP contribution in [0.2, 0.25) is 0 Å². The standard InChI is InChI=1S/C23H26N2O4/c1-24-7-6-23-16-4-3-14(28-2)9-17(16)25-20(27)11-18-21(22(23)25)15(10-19(23)26)13(12-24)5-8-29-18/h3-5,9,15,18,21-22H,6-8,10-12H2,1-2H3/t15-,18-,21-,22-,23-/m0/s1. The Bertz CT molecular complexity index is 956. The van der Waals surface area contributed by atoms with Gasteiger partial charge in [-0.1, -0.05) is 17.7 Å². The van der Waals surface area contributed by atoms with E-state index in [9.17, 15) is 9.59 Å². The average Bonchev–Trinajstić information content (AvgIpc) is 2.95. The summed E-state index contributed by atoms with van der Waals surface area (Å²) < 4.78 is 11.7. The molecule has 0 radical (unpaired) electrons. The number of ether oxygens (including phenoxy) is 2. The number of methoxy groups -OCH3 is 1. The van der Waals surface area contributed by atoms with Crippen LogP contribution >= 0.6 is 0 Å². The van der Waals surface area contributed by atoms with Crippen LogP contribution < -0.4 is 9.64 Å². The molecule has 4 fully saturated rings. The van der Waals surface area contributed by atoms with Crippen molar-refractivity contribution in [1.82, 2.24) is 4.90 Å². The van der Waals surface area contributed by atoms with Crippen molar-refractivity contribution in [3.05, 3.63) is 35.4 Å². The molecule has 3 saturated heterocycles. The molecule has 1 aromatic carbocycles. The first-order chi connectivity index (χ1) is 14.0. The van der Waals surface area contributed by atoms with Crippen molar-refractivity contribution in [2.24, 2.45) is 11.8 Å². The van der Waals surface area contributed by atoms with Crippen molar-refractivity contribution in [1.29, 1.82) is 0 Å². The zero-order chi connectivity index (χ0) is 19.9. The van der Waals surface area contributed by atoms with Crippen LogP contribution in [0.3, 0.4) is 0 Å². The smallest absolute Gasteiger partial charge is 0.229 e. The molecular weight excluding hydrogens is 368 g/mol. The fourth-order valence-corrected chi connectivity index (χ4v) is 6.80. The number of rotatable bonds is 1. The second-order valence-electron chi connectivity index (χ2n) is 9.22. The van der Waals surface area contributed by atoms with Gasteiger partial charge in [-0.2, -0.15) is 0 Å². The number of piperidine rings is 1. The van der Waals surface area contributed by atoms with Gasteiger partial charge in [0.15, 0.2) is 0 Å². The highest BCUT2D eigenvalue weighted by Gasteiger charge is 2.67. The summed E-state index contributed by atoms with van der Waals surface area (Å²) in [4.78, 5) is 31.5. The molecule has 1 spiro atoms. The zero-order valence-electron chi connectivity index (χ0n) is 16.9. The van der Waals surface area contributed by atoms with E-state index < -0.39 is 5.41 Å². The number of amides is 1. The monoisotopic (exact) mass is 394 g/mol. The Morgan fingerprint density at radius 2 is 2.10 bits per heavy atom. The van der Waals surface area contributed by atoms with Gasteiger partial charge >= 0.3 is 0 Å². The van der Waals surface area contributed by atoms with E-state index in [1.165, 1.54) is 5.57 Å². The molecule has 0 N–H and O–H groups in total. The summed E-state index contributed by atoms with van der Waals surface area (Å²) in [7, 11) is 3.77. The maximum absolute atomic E-state index is 13.9. The van der Waals surface area contributed by atoms with Gasteiger partial charge in [0.05, 0.1) is 43.4 Å². The van der Waals surface area contributed by atoms with Gasteiger partial charge in [0.2, 0.25) is 5.91 Å². The van der Waals surface area contributed by atoms with Gasteiger partial charge in [-0.15, -0.1) is 0 Å². The van der Waals surface area contributed by atoms with Gasteiger partial charge in [0.25, 0.3) is 0 Å². The summed E-state index contributed by atoms with van der Waals surface area (Å²) in [6.45, 7) is 2.23. The fourth-order valence-electron chi connectivity index (χ4n) is 6.80. The molecule has 5 atom stereocenters. The minimum atomic E-state index is -0.644. The molecule has 6 heteroatoms. The Balaban J connectivity index is 1.64. The predicted molar refractivity (Wildman–Crippen MR) is 107 cm³/mol. The Kier molecular flexibility index (Phi) is 3.61. The summed E-state index contributed by atoms with van der Waals surface area (Å²) in [6.07, 6.45) is 3.73. The molecule has 5 aliphatic heterocycles. The number of likely N-dealkylation sites (N-methyl/N-ethyl adjacent to an activating group) is 1. The topological polar surface area (TPSA) is 59.1 Å². The quantitative estimate of drug-likeness (QED) is 0.681. The van der Waals surface area contributed by atoms with Crippen molar-refractivity contribution >= 4 is 17.4 Å². The Morgan fingerprint density at radius 3 is 2.93 bits per heavy atom. The van der Waals surface area contributed by atoms with Gasteiger partial charge in [-0.05, 0) is 37.6 Å². The maximum Gasteiger partial charge on any atom is 0.229 e. The van der Waals surface area contributed by atoms with E-state index in [2.05, 4.69) is 18.0 Å².